The Bertz CT molecular complexity index is 428. The number of nitrogens with zero attached hydrogens (tertiary/aromatic N) is 1. The minimum Gasteiger partial charge on any atom is -0.312 e. The third kappa shape index (κ3) is 3.73. The summed E-state index contributed by atoms with van der Waals surface area (Å²) in [6.45, 7) is 3.80. The molecular weight excluding hydrogens is 246 g/mol. The minimum absolute atomic E-state index is 0.126. The summed E-state index contributed by atoms with van der Waals surface area (Å²) in [6, 6.07) is 0.126. The van der Waals surface area contributed by atoms with Gasteiger partial charge in [0.15, 0.2) is 5.13 Å². The van der Waals surface area contributed by atoms with Crippen LogP contribution in [-0.2, 0) is 10.0 Å². The topological polar surface area (TPSA) is 71.1 Å². The van der Waals surface area contributed by atoms with E-state index >= 15 is 0 Å². The highest BCUT2D eigenvalue weighted by Gasteiger charge is 2.13. The Morgan fingerprint density at radius 3 is 2.81 bits per heavy atom. The molecule has 7 heteroatoms. The van der Waals surface area contributed by atoms with Crippen molar-refractivity contribution in [1.82, 2.24) is 10.3 Å². The molecule has 0 radical (unpaired) electrons. The molecule has 1 aromatic heterocycles. The normalized spacial score (nSPS) is 13.7. The predicted molar refractivity (Wildman–Crippen MR) is 67.3 cm³/mol. The molecule has 0 bridgehead atoms. The van der Waals surface area contributed by atoms with E-state index in [1.807, 2.05) is 26.3 Å². The van der Waals surface area contributed by atoms with E-state index in [0.717, 1.165) is 5.69 Å². The molecule has 1 aromatic rings. The lowest BCUT2D eigenvalue weighted by molar-refractivity contribution is 0.599. The molecule has 5 nitrogen and oxygen atoms in total. The van der Waals surface area contributed by atoms with Gasteiger partial charge in [0.25, 0.3) is 0 Å². The van der Waals surface area contributed by atoms with Gasteiger partial charge in [0.1, 0.15) is 0 Å². The van der Waals surface area contributed by atoms with Gasteiger partial charge in [0.2, 0.25) is 10.0 Å². The quantitative estimate of drug-likeness (QED) is 0.817. The van der Waals surface area contributed by atoms with Crippen LogP contribution in [0.4, 0.5) is 5.13 Å². The molecule has 92 valence electrons. The molecule has 2 N–H and O–H groups in total. The number of hydrogen-bond donors (Lipinski definition) is 2. The van der Waals surface area contributed by atoms with E-state index in [1.54, 1.807) is 0 Å². The van der Waals surface area contributed by atoms with Crippen LogP contribution >= 0.6 is 11.3 Å². The minimum atomic E-state index is -3.23. The van der Waals surface area contributed by atoms with Crippen molar-refractivity contribution < 1.29 is 8.42 Å². The van der Waals surface area contributed by atoms with E-state index in [2.05, 4.69) is 15.0 Å². The van der Waals surface area contributed by atoms with Crippen molar-refractivity contribution in [3.63, 3.8) is 0 Å². The second-order valence-corrected chi connectivity index (χ2v) is 6.21. The zero-order chi connectivity index (χ0) is 12.2. The van der Waals surface area contributed by atoms with Gasteiger partial charge in [-0.05, 0) is 20.4 Å². The summed E-state index contributed by atoms with van der Waals surface area (Å²) in [7, 11) is -1.39. The summed E-state index contributed by atoms with van der Waals surface area (Å²) in [5, 5.41) is 5.34. The van der Waals surface area contributed by atoms with Gasteiger partial charge in [-0.25, -0.2) is 13.4 Å². The molecule has 0 amide bonds. The number of hydrogen-bond acceptors (Lipinski definition) is 5. The summed E-state index contributed by atoms with van der Waals surface area (Å²) < 4.78 is 25.4. The number of nitrogens with one attached hydrogen (secondary N) is 2. The van der Waals surface area contributed by atoms with E-state index in [-0.39, 0.29) is 11.8 Å². The Morgan fingerprint density at radius 2 is 2.25 bits per heavy atom. The maximum absolute atomic E-state index is 11.5. The first-order chi connectivity index (χ1) is 7.48. The average molecular weight is 263 g/mol. The molecule has 0 saturated carbocycles. The van der Waals surface area contributed by atoms with Gasteiger partial charge in [-0.3, -0.25) is 4.72 Å². The molecular formula is C9H17N3O2S2. The number of anilines is 1. The third-order valence-corrected chi connectivity index (χ3v) is 4.47. The first-order valence-corrected chi connectivity index (χ1v) is 7.65. The van der Waals surface area contributed by atoms with Crippen molar-refractivity contribution >= 4 is 26.5 Å². The molecule has 1 atom stereocenters. The van der Waals surface area contributed by atoms with Crippen molar-refractivity contribution in [1.29, 1.82) is 0 Å². The van der Waals surface area contributed by atoms with Gasteiger partial charge in [-0.2, -0.15) is 0 Å². The van der Waals surface area contributed by atoms with Crippen molar-refractivity contribution in [2.75, 3.05) is 17.5 Å². The molecule has 0 fully saturated rings. The van der Waals surface area contributed by atoms with Crippen LogP contribution in [0.3, 0.4) is 0 Å². The van der Waals surface area contributed by atoms with Crippen LogP contribution in [0.1, 0.15) is 32.0 Å². The summed E-state index contributed by atoms with van der Waals surface area (Å²) in [4.78, 5) is 4.21. The summed E-state index contributed by atoms with van der Waals surface area (Å²) in [5.41, 5.74) is 0.849. The fourth-order valence-corrected chi connectivity index (χ4v) is 3.30. The number of thiazole rings is 1. The summed E-state index contributed by atoms with van der Waals surface area (Å²) in [6.07, 6.45) is 0.598. The third-order valence-electron chi connectivity index (χ3n) is 2.11. The van der Waals surface area contributed by atoms with Gasteiger partial charge in [-0.15, -0.1) is 11.3 Å². The van der Waals surface area contributed by atoms with Crippen LogP contribution in [0, 0.1) is 0 Å². The predicted octanol–water partition coefficient (Wildman–Crippen LogP) is 1.58. The van der Waals surface area contributed by atoms with Crippen LogP contribution in [0.25, 0.3) is 0 Å². The lowest BCUT2D eigenvalue weighted by Crippen LogP contribution is -2.16. The molecule has 0 aliphatic rings. The second kappa shape index (κ2) is 5.60. The Kier molecular flexibility index (Phi) is 4.69. The zero-order valence-electron chi connectivity index (χ0n) is 9.65. The smallest absolute Gasteiger partial charge is 0.234 e. The lowest BCUT2D eigenvalue weighted by Gasteiger charge is -2.05. The standard InChI is InChI=1S/C9H17N3O2S2/c1-4-5-16(13,14)12-9-11-8(6-15-9)7(2)10-3/h6-7,10H,4-5H2,1-3H3,(H,11,12). The van der Waals surface area contributed by atoms with Gasteiger partial charge in [-0.1, -0.05) is 6.92 Å². The molecule has 0 aliphatic heterocycles. The molecule has 0 aliphatic carbocycles. The van der Waals surface area contributed by atoms with Gasteiger partial charge < -0.3 is 5.32 Å². The highest BCUT2D eigenvalue weighted by Crippen LogP contribution is 2.21. The fraction of sp³-hybridized carbons (Fsp3) is 0.667. The molecule has 1 unspecified atom stereocenters. The van der Waals surface area contributed by atoms with E-state index in [1.165, 1.54) is 11.3 Å². The Labute approximate surface area is 100 Å². The molecule has 0 saturated heterocycles. The van der Waals surface area contributed by atoms with Crippen molar-refractivity contribution in [3.8, 4) is 0 Å². The van der Waals surface area contributed by atoms with E-state index in [0.29, 0.717) is 11.6 Å². The maximum atomic E-state index is 11.5. The number of aromatic nitrogens is 1. The Hall–Kier alpha value is -0.660. The Balaban J connectivity index is 2.72. The highest BCUT2D eigenvalue weighted by atomic mass is 32.2. The largest absolute Gasteiger partial charge is 0.312 e. The molecule has 1 heterocycles. The van der Waals surface area contributed by atoms with Crippen LogP contribution in [0.15, 0.2) is 5.38 Å². The van der Waals surface area contributed by atoms with Crippen LogP contribution in [-0.4, -0.2) is 26.2 Å². The molecule has 0 aromatic carbocycles. The number of rotatable bonds is 6. The lowest BCUT2D eigenvalue weighted by atomic mass is 10.3. The molecule has 16 heavy (non-hydrogen) atoms. The maximum Gasteiger partial charge on any atom is 0.234 e. The van der Waals surface area contributed by atoms with Crippen LogP contribution in [0.5, 0.6) is 0 Å². The summed E-state index contributed by atoms with van der Waals surface area (Å²) in [5.74, 6) is 0.128. The van der Waals surface area contributed by atoms with Gasteiger partial charge in [0.05, 0.1) is 11.4 Å². The monoisotopic (exact) mass is 263 g/mol. The SMILES string of the molecule is CCCS(=O)(=O)Nc1nc(C(C)NC)cs1. The zero-order valence-corrected chi connectivity index (χ0v) is 11.3. The van der Waals surface area contributed by atoms with E-state index in [9.17, 15) is 8.42 Å². The van der Waals surface area contributed by atoms with Gasteiger partial charge >= 0.3 is 0 Å². The molecule has 1 rings (SSSR count). The highest BCUT2D eigenvalue weighted by molar-refractivity contribution is 7.92. The van der Waals surface area contributed by atoms with Gasteiger partial charge in [0, 0.05) is 11.4 Å². The van der Waals surface area contributed by atoms with E-state index < -0.39 is 10.0 Å². The van der Waals surface area contributed by atoms with Crippen molar-refractivity contribution in [2.45, 2.75) is 26.3 Å². The van der Waals surface area contributed by atoms with E-state index in [4.69, 9.17) is 0 Å². The van der Waals surface area contributed by atoms with Crippen LogP contribution in [0.2, 0.25) is 0 Å². The fourth-order valence-electron chi connectivity index (χ4n) is 1.13. The van der Waals surface area contributed by atoms with Crippen molar-refractivity contribution in [3.05, 3.63) is 11.1 Å². The van der Waals surface area contributed by atoms with Crippen LogP contribution < -0.4 is 10.0 Å². The van der Waals surface area contributed by atoms with Crippen molar-refractivity contribution in [2.24, 2.45) is 0 Å². The summed E-state index contributed by atoms with van der Waals surface area (Å²) >= 11 is 1.30. The first kappa shape index (κ1) is 13.4. The second-order valence-electron chi connectivity index (χ2n) is 3.51. The average Bonchev–Trinajstić information content (AvgIpc) is 2.64. The number of sulfonamides is 1. The molecule has 0 spiro atoms. The Morgan fingerprint density at radius 1 is 1.56 bits per heavy atom. The first-order valence-electron chi connectivity index (χ1n) is 5.11.